The first-order valence-electron chi connectivity index (χ1n) is 5.11. The van der Waals surface area contributed by atoms with Gasteiger partial charge in [0, 0.05) is 12.5 Å². The van der Waals surface area contributed by atoms with Gasteiger partial charge in [-0.2, -0.15) is 0 Å². The van der Waals surface area contributed by atoms with Gasteiger partial charge in [0.15, 0.2) is 0 Å². The largest absolute Gasteiger partial charge is 0.369 e. The summed E-state index contributed by atoms with van der Waals surface area (Å²) in [5.74, 6) is 0.437. The molecule has 3 N–H and O–H groups in total. The van der Waals surface area contributed by atoms with Crippen molar-refractivity contribution in [2.24, 2.45) is 17.6 Å². The van der Waals surface area contributed by atoms with Crippen LogP contribution in [0.15, 0.2) is 0 Å². The van der Waals surface area contributed by atoms with Crippen LogP contribution in [-0.2, 0) is 4.79 Å². The summed E-state index contributed by atoms with van der Waals surface area (Å²) >= 11 is 0. The number of nitrogens with one attached hydrogen (secondary N) is 1. The lowest BCUT2D eigenvalue weighted by molar-refractivity contribution is -0.121. The van der Waals surface area contributed by atoms with Crippen molar-refractivity contribution in [2.45, 2.75) is 33.6 Å². The summed E-state index contributed by atoms with van der Waals surface area (Å²) in [7, 11) is 0. The summed E-state index contributed by atoms with van der Waals surface area (Å²) in [6.45, 7) is 7.92. The molecule has 0 aromatic rings. The van der Waals surface area contributed by atoms with E-state index in [9.17, 15) is 4.79 Å². The highest BCUT2D eigenvalue weighted by Crippen LogP contribution is 2.05. The van der Waals surface area contributed by atoms with Gasteiger partial charge in [-0.1, -0.05) is 33.6 Å². The Morgan fingerprint density at radius 2 is 1.85 bits per heavy atom. The van der Waals surface area contributed by atoms with Gasteiger partial charge in [-0.25, -0.2) is 0 Å². The SMILES string of the molecule is CCC(CC)CNCC(C)C(N)=O. The molecule has 78 valence electrons. The smallest absolute Gasteiger partial charge is 0.221 e. The topological polar surface area (TPSA) is 55.1 Å². The molecule has 0 fully saturated rings. The molecule has 0 aromatic heterocycles. The van der Waals surface area contributed by atoms with Crippen LogP contribution < -0.4 is 11.1 Å². The van der Waals surface area contributed by atoms with E-state index in [1.807, 2.05) is 6.92 Å². The predicted molar refractivity (Wildman–Crippen MR) is 55.3 cm³/mol. The molecule has 1 unspecified atom stereocenters. The van der Waals surface area contributed by atoms with Crippen molar-refractivity contribution in [1.29, 1.82) is 0 Å². The van der Waals surface area contributed by atoms with Gasteiger partial charge in [-0.3, -0.25) is 4.79 Å². The third-order valence-electron chi connectivity index (χ3n) is 2.52. The molecule has 0 aliphatic carbocycles. The van der Waals surface area contributed by atoms with Gasteiger partial charge in [0.2, 0.25) is 5.91 Å². The second-order valence-electron chi connectivity index (χ2n) is 3.64. The maximum atomic E-state index is 10.7. The quantitative estimate of drug-likeness (QED) is 0.626. The molecular formula is C10H22N2O. The maximum Gasteiger partial charge on any atom is 0.221 e. The summed E-state index contributed by atoms with van der Waals surface area (Å²) in [5, 5.41) is 3.27. The van der Waals surface area contributed by atoms with Gasteiger partial charge < -0.3 is 11.1 Å². The van der Waals surface area contributed by atoms with Crippen molar-refractivity contribution in [3.8, 4) is 0 Å². The van der Waals surface area contributed by atoms with Crippen LogP contribution in [0.3, 0.4) is 0 Å². The third kappa shape index (κ3) is 5.64. The number of hydrogen-bond donors (Lipinski definition) is 2. The van der Waals surface area contributed by atoms with Crippen LogP contribution in [0.5, 0.6) is 0 Å². The average Bonchev–Trinajstić information content (AvgIpc) is 2.12. The molecule has 0 aliphatic rings. The van der Waals surface area contributed by atoms with Crippen molar-refractivity contribution in [3.63, 3.8) is 0 Å². The summed E-state index contributed by atoms with van der Waals surface area (Å²) in [4.78, 5) is 10.7. The zero-order valence-electron chi connectivity index (χ0n) is 8.97. The van der Waals surface area contributed by atoms with Gasteiger partial charge >= 0.3 is 0 Å². The van der Waals surface area contributed by atoms with E-state index in [-0.39, 0.29) is 11.8 Å². The van der Waals surface area contributed by atoms with E-state index in [1.54, 1.807) is 0 Å². The van der Waals surface area contributed by atoms with Gasteiger partial charge in [0.1, 0.15) is 0 Å². The number of amides is 1. The van der Waals surface area contributed by atoms with Crippen molar-refractivity contribution < 1.29 is 4.79 Å². The molecule has 1 amide bonds. The fourth-order valence-corrected chi connectivity index (χ4v) is 1.18. The molecule has 3 heteroatoms. The Morgan fingerprint density at radius 3 is 2.23 bits per heavy atom. The number of rotatable bonds is 7. The van der Waals surface area contributed by atoms with Crippen LogP contribution in [0.1, 0.15) is 33.6 Å². The highest BCUT2D eigenvalue weighted by atomic mass is 16.1. The normalized spacial score (nSPS) is 13.2. The van der Waals surface area contributed by atoms with E-state index >= 15 is 0 Å². The highest BCUT2D eigenvalue weighted by molar-refractivity contribution is 5.76. The molecule has 1 atom stereocenters. The maximum absolute atomic E-state index is 10.7. The van der Waals surface area contributed by atoms with Gasteiger partial charge in [0.05, 0.1) is 0 Å². The zero-order valence-corrected chi connectivity index (χ0v) is 8.97. The number of hydrogen-bond acceptors (Lipinski definition) is 2. The molecule has 0 heterocycles. The summed E-state index contributed by atoms with van der Waals surface area (Å²) in [6, 6.07) is 0. The van der Waals surface area contributed by atoms with Crippen molar-refractivity contribution >= 4 is 5.91 Å². The zero-order chi connectivity index (χ0) is 10.3. The van der Waals surface area contributed by atoms with E-state index in [2.05, 4.69) is 19.2 Å². The van der Waals surface area contributed by atoms with Gasteiger partial charge in [-0.05, 0) is 12.5 Å². The van der Waals surface area contributed by atoms with Crippen LogP contribution in [0.25, 0.3) is 0 Å². The first-order chi connectivity index (χ1) is 6.11. The Bertz CT molecular complexity index is 144. The number of carbonyl (C=O) groups is 1. The Balaban J connectivity index is 3.48. The molecule has 3 nitrogen and oxygen atoms in total. The molecule has 0 aliphatic heterocycles. The molecule has 0 aromatic carbocycles. The first kappa shape index (κ1) is 12.4. The fraction of sp³-hybridized carbons (Fsp3) is 0.900. The summed E-state index contributed by atoms with van der Waals surface area (Å²) in [6.07, 6.45) is 2.38. The third-order valence-corrected chi connectivity index (χ3v) is 2.52. The molecule has 13 heavy (non-hydrogen) atoms. The highest BCUT2D eigenvalue weighted by Gasteiger charge is 2.08. The van der Waals surface area contributed by atoms with Crippen LogP contribution in [0, 0.1) is 11.8 Å². The predicted octanol–water partition coefficient (Wildman–Crippen LogP) is 1.13. The molecule has 0 rings (SSSR count). The van der Waals surface area contributed by atoms with Gasteiger partial charge in [-0.15, -0.1) is 0 Å². The summed E-state index contributed by atoms with van der Waals surface area (Å²) in [5.41, 5.74) is 5.14. The Morgan fingerprint density at radius 1 is 1.31 bits per heavy atom. The molecule has 0 radical (unpaired) electrons. The number of carbonyl (C=O) groups excluding carboxylic acids is 1. The van der Waals surface area contributed by atoms with E-state index < -0.39 is 0 Å². The van der Waals surface area contributed by atoms with E-state index in [1.165, 1.54) is 12.8 Å². The lowest BCUT2D eigenvalue weighted by Crippen LogP contribution is -2.33. The summed E-state index contributed by atoms with van der Waals surface area (Å²) < 4.78 is 0. The van der Waals surface area contributed by atoms with Gasteiger partial charge in [0.25, 0.3) is 0 Å². The van der Waals surface area contributed by atoms with Crippen LogP contribution in [0.2, 0.25) is 0 Å². The van der Waals surface area contributed by atoms with Crippen molar-refractivity contribution in [1.82, 2.24) is 5.32 Å². The molecular weight excluding hydrogens is 164 g/mol. The monoisotopic (exact) mass is 186 g/mol. The second-order valence-corrected chi connectivity index (χ2v) is 3.64. The first-order valence-corrected chi connectivity index (χ1v) is 5.11. The van der Waals surface area contributed by atoms with Crippen molar-refractivity contribution in [2.75, 3.05) is 13.1 Å². The van der Waals surface area contributed by atoms with Crippen molar-refractivity contribution in [3.05, 3.63) is 0 Å². The minimum absolute atomic E-state index is 0.0608. The molecule has 0 spiro atoms. The lowest BCUT2D eigenvalue weighted by Gasteiger charge is -2.14. The Hall–Kier alpha value is -0.570. The standard InChI is InChI=1S/C10H22N2O/c1-4-9(5-2)7-12-6-8(3)10(11)13/h8-9,12H,4-7H2,1-3H3,(H2,11,13). The molecule has 0 saturated carbocycles. The molecule has 0 saturated heterocycles. The van der Waals surface area contributed by atoms with E-state index in [0.29, 0.717) is 6.54 Å². The molecule has 0 bridgehead atoms. The van der Waals surface area contributed by atoms with Crippen LogP contribution >= 0.6 is 0 Å². The number of nitrogens with two attached hydrogens (primary N) is 1. The van der Waals surface area contributed by atoms with E-state index in [0.717, 1.165) is 12.5 Å². The van der Waals surface area contributed by atoms with E-state index in [4.69, 9.17) is 5.73 Å². The van der Waals surface area contributed by atoms with Crippen LogP contribution in [0.4, 0.5) is 0 Å². The number of primary amides is 1. The Kier molecular flexibility index (Phi) is 6.59. The van der Waals surface area contributed by atoms with Crippen LogP contribution in [-0.4, -0.2) is 19.0 Å². The second kappa shape index (κ2) is 6.89. The average molecular weight is 186 g/mol. The lowest BCUT2D eigenvalue weighted by atomic mass is 10.0. The minimum Gasteiger partial charge on any atom is -0.369 e. The fourth-order valence-electron chi connectivity index (χ4n) is 1.18. The Labute approximate surface area is 81.1 Å². The minimum atomic E-state index is -0.225.